The van der Waals surface area contributed by atoms with Crippen molar-refractivity contribution in [2.75, 3.05) is 19.6 Å². The van der Waals surface area contributed by atoms with Crippen LogP contribution < -0.4 is 5.73 Å². The van der Waals surface area contributed by atoms with Gasteiger partial charge in [-0.2, -0.15) is 0 Å². The molecule has 2 N–H and O–H groups in total. The molecule has 2 heterocycles. The maximum Gasteiger partial charge on any atom is 0.255 e. The Hall–Kier alpha value is -0.840. The van der Waals surface area contributed by atoms with Gasteiger partial charge in [-0.05, 0) is 44.9 Å². The van der Waals surface area contributed by atoms with Crippen molar-refractivity contribution in [3.63, 3.8) is 0 Å². The van der Waals surface area contributed by atoms with Crippen LogP contribution >= 0.6 is 24.8 Å². The van der Waals surface area contributed by atoms with Crippen LogP contribution in [0.5, 0.6) is 0 Å². The fraction of sp³-hybridized carbons (Fsp3) is 0.538. The fourth-order valence-electron chi connectivity index (χ4n) is 2.29. The highest BCUT2D eigenvalue weighted by Gasteiger charge is 2.26. The van der Waals surface area contributed by atoms with Crippen LogP contribution in [0.4, 0.5) is 0 Å². The van der Waals surface area contributed by atoms with Crippen LogP contribution in [0.15, 0.2) is 12.1 Å². The topological polar surface area (TPSA) is 59.2 Å². The Morgan fingerprint density at radius 1 is 1.42 bits per heavy atom. The summed E-state index contributed by atoms with van der Waals surface area (Å²) in [6.07, 6.45) is 1.01. The lowest BCUT2D eigenvalue weighted by atomic mass is 10.1. The molecule has 108 valence electrons. The van der Waals surface area contributed by atoms with Crippen LogP contribution in [0.1, 0.15) is 28.2 Å². The van der Waals surface area contributed by atoms with Crippen molar-refractivity contribution >= 4 is 30.7 Å². The molecule has 2 rings (SSSR count). The van der Waals surface area contributed by atoms with Gasteiger partial charge < -0.3 is 10.6 Å². The zero-order chi connectivity index (χ0) is 12.4. The Bertz CT molecular complexity index is 440. The first kappa shape index (κ1) is 18.2. The quantitative estimate of drug-likeness (QED) is 0.908. The largest absolute Gasteiger partial charge is 0.338 e. The van der Waals surface area contributed by atoms with Gasteiger partial charge in [0.05, 0.1) is 11.3 Å². The van der Waals surface area contributed by atoms with Crippen molar-refractivity contribution < 1.29 is 4.79 Å². The molecule has 0 radical (unpaired) electrons. The van der Waals surface area contributed by atoms with Crippen molar-refractivity contribution in [1.29, 1.82) is 0 Å². The van der Waals surface area contributed by atoms with Gasteiger partial charge in [0, 0.05) is 18.8 Å². The molecule has 0 spiro atoms. The van der Waals surface area contributed by atoms with E-state index < -0.39 is 0 Å². The van der Waals surface area contributed by atoms with Gasteiger partial charge in [-0.15, -0.1) is 24.8 Å². The molecule has 0 saturated carbocycles. The van der Waals surface area contributed by atoms with E-state index in [1.807, 2.05) is 30.9 Å². The summed E-state index contributed by atoms with van der Waals surface area (Å²) in [6, 6.07) is 3.76. The minimum atomic E-state index is 0. The molecule has 0 bridgehead atoms. The fourth-order valence-corrected chi connectivity index (χ4v) is 2.29. The number of hydrogen-bond acceptors (Lipinski definition) is 3. The van der Waals surface area contributed by atoms with Crippen LogP contribution in [0.3, 0.4) is 0 Å². The second kappa shape index (κ2) is 7.68. The standard InChI is InChI=1S/C13H19N3O.2ClH/c1-9-3-4-12(10(2)15-9)13(17)16-6-5-11(7-14)8-16;;/h3-4,11H,5-8,14H2,1-2H3;2*1H. The van der Waals surface area contributed by atoms with Gasteiger partial charge in [0.25, 0.3) is 5.91 Å². The molecule has 0 aliphatic carbocycles. The van der Waals surface area contributed by atoms with Crippen LogP contribution in [0, 0.1) is 19.8 Å². The first-order valence-electron chi connectivity index (χ1n) is 6.05. The van der Waals surface area contributed by atoms with E-state index in [4.69, 9.17) is 5.73 Å². The molecule has 6 heteroatoms. The van der Waals surface area contributed by atoms with Crippen molar-refractivity contribution in [2.24, 2.45) is 11.7 Å². The summed E-state index contributed by atoms with van der Waals surface area (Å²) in [7, 11) is 0. The van der Waals surface area contributed by atoms with Gasteiger partial charge >= 0.3 is 0 Å². The highest BCUT2D eigenvalue weighted by Crippen LogP contribution is 2.18. The van der Waals surface area contributed by atoms with Crippen molar-refractivity contribution in [3.8, 4) is 0 Å². The van der Waals surface area contributed by atoms with E-state index in [0.717, 1.165) is 30.9 Å². The molecular formula is C13H21Cl2N3O. The maximum atomic E-state index is 12.3. The Balaban J connectivity index is 0.00000162. The first-order valence-corrected chi connectivity index (χ1v) is 6.05. The third-order valence-electron chi connectivity index (χ3n) is 3.36. The minimum absolute atomic E-state index is 0. The van der Waals surface area contributed by atoms with Crippen molar-refractivity contribution in [3.05, 3.63) is 29.1 Å². The second-order valence-electron chi connectivity index (χ2n) is 4.73. The number of nitrogens with zero attached hydrogens (tertiary/aromatic N) is 2. The predicted molar refractivity (Wildman–Crippen MR) is 81.3 cm³/mol. The molecule has 4 nitrogen and oxygen atoms in total. The number of aryl methyl sites for hydroxylation is 2. The van der Waals surface area contributed by atoms with E-state index in [0.29, 0.717) is 18.0 Å². The van der Waals surface area contributed by atoms with E-state index in [-0.39, 0.29) is 30.7 Å². The zero-order valence-electron chi connectivity index (χ0n) is 11.3. The lowest BCUT2D eigenvalue weighted by molar-refractivity contribution is 0.0786. The number of likely N-dealkylation sites (tertiary alicyclic amines) is 1. The SMILES string of the molecule is Cc1ccc(C(=O)N2CCC(CN)C2)c(C)n1.Cl.Cl. The molecule has 1 aliphatic heterocycles. The molecule has 19 heavy (non-hydrogen) atoms. The molecule has 1 aromatic rings. The van der Waals surface area contributed by atoms with E-state index in [1.165, 1.54) is 0 Å². The Morgan fingerprint density at radius 3 is 2.63 bits per heavy atom. The number of pyridine rings is 1. The molecular weight excluding hydrogens is 285 g/mol. The Morgan fingerprint density at radius 2 is 2.11 bits per heavy atom. The van der Waals surface area contributed by atoms with E-state index in [1.54, 1.807) is 0 Å². The predicted octanol–water partition coefficient (Wildman–Crippen LogP) is 1.96. The highest BCUT2D eigenvalue weighted by molar-refractivity contribution is 5.95. The summed E-state index contributed by atoms with van der Waals surface area (Å²) in [6.45, 7) is 6.07. The monoisotopic (exact) mass is 305 g/mol. The average molecular weight is 306 g/mol. The number of amides is 1. The number of rotatable bonds is 2. The minimum Gasteiger partial charge on any atom is -0.338 e. The summed E-state index contributed by atoms with van der Waals surface area (Å²) in [5, 5.41) is 0. The molecule has 1 saturated heterocycles. The van der Waals surface area contributed by atoms with Gasteiger partial charge in [0.1, 0.15) is 0 Å². The summed E-state index contributed by atoms with van der Waals surface area (Å²) in [5.41, 5.74) is 8.11. The highest BCUT2D eigenvalue weighted by atomic mass is 35.5. The Kier molecular flexibility index (Phi) is 7.34. The van der Waals surface area contributed by atoms with Crippen molar-refractivity contribution in [2.45, 2.75) is 20.3 Å². The van der Waals surface area contributed by atoms with Crippen molar-refractivity contribution in [1.82, 2.24) is 9.88 Å². The second-order valence-corrected chi connectivity index (χ2v) is 4.73. The number of halogens is 2. The van der Waals surface area contributed by atoms with E-state index in [9.17, 15) is 4.79 Å². The third-order valence-corrected chi connectivity index (χ3v) is 3.36. The number of carbonyl (C=O) groups is 1. The molecule has 1 unspecified atom stereocenters. The lowest BCUT2D eigenvalue weighted by Gasteiger charge is -2.17. The molecule has 1 amide bonds. The first-order chi connectivity index (χ1) is 8.11. The van der Waals surface area contributed by atoms with E-state index in [2.05, 4.69) is 4.98 Å². The van der Waals surface area contributed by atoms with Gasteiger partial charge in [0.2, 0.25) is 0 Å². The molecule has 0 aromatic carbocycles. The number of aromatic nitrogens is 1. The summed E-state index contributed by atoms with van der Waals surface area (Å²) >= 11 is 0. The Labute approximate surface area is 126 Å². The summed E-state index contributed by atoms with van der Waals surface area (Å²) < 4.78 is 0. The number of nitrogens with two attached hydrogens (primary N) is 1. The number of carbonyl (C=O) groups excluding carboxylic acids is 1. The van der Waals surface area contributed by atoms with Gasteiger partial charge in [-0.3, -0.25) is 9.78 Å². The molecule has 1 aliphatic rings. The van der Waals surface area contributed by atoms with Crippen LogP contribution in [-0.4, -0.2) is 35.4 Å². The smallest absolute Gasteiger partial charge is 0.255 e. The molecule has 1 fully saturated rings. The maximum absolute atomic E-state index is 12.3. The normalized spacial score (nSPS) is 17.6. The third kappa shape index (κ3) is 4.06. The summed E-state index contributed by atoms with van der Waals surface area (Å²) in [4.78, 5) is 18.5. The molecule has 1 atom stereocenters. The molecule has 1 aromatic heterocycles. The van der Waals surface area contributed by atoms with E-state index >= 15 is 0 Å². The van der Waals surface area contributed by atoms with Gasteiger partial charge in [-0.1, -0.05) is 0 Å². The average Bonchev–Trinajstić information content (AvgIpc) is 2.76. The lowest BCUT2D eigenvalue weighted by Crippen LogP contribution is -2.30. The van der Waals surface area contributed by atoms with Gasteiger partial charge in [-0.25, -0.2) is 0 Å². The van der Waals surface area contributed by atoms with Crippen LogP contribution in [-0.2, 0) is 0 Å². The van der Waals surface area contributed by atoms with Crippen LogP contribution in [0.2, 0.25) is 0 Å². The van der Waals surface area contributed by atoms with Crippen LogP contribution in [0.25, 0.3) is 0 Å². The zero-order valence-corrected chi connectivity index (χ0v) is 12.9. The summed E-state index contributed by atoms with van der Waals surface area (Å²) in [5.74, 6) is 0.545. The number of hydrogen-bond donors (Lipinski definition) is 1. The van der Waals surface area contributed by atoms with Gasteiger partial charge in [0.15, 0.2) is 0 Å².